The molecule has 0 unspecified atom stereocenters. The summed E-state index contributed by atoms with van der Waals surface area (Å²) in [7, 11) is -0.201. The second kappa shape index (κ2) is 5.48. The zero-order chi connectivity index (χ0) is 13.2. The van der Waals surface area contributed by atoms with E-state index >= 15 is 0 Å². The fraction of sp³-hybridized carbons (Fsp3) is 0.636. The molecule has 0 saturated heterocycles. The van der Waals surface area contributed by atoms with Crippen LogP contribution in [-0.2, 0) is 16.6 Å². The molecular formula is C11H20N2O2S2. The second-order valence-electron chi connectivity index (χ2n) is 4.46. The first-order valence-corrected chi connectivity index (χ1v) is 7.76. The summed E-state index contributed by atoms with van der Waals surface area (Å²) >= 11 is 1.53. The molecule has 0 radical (unpaired) electrons. The van der Waals surface area contributed by atoms with Gasteiger partial charge < -0.3 is 5.32 Å². The average Bonchev–Trinajstić information content (AvgIpc) is 2.57. The van der Waals surface area contributed by atoms with Crippen LogP contribution in [-0.4, -0.2) is 32.9 Å². The number of rotatable bonds is 5. The summed E-state index contributed by atoms with van der Waals surface area (Å²) in [5, 5.41) is 3.28. The monoisotopic (exact) mass is 276 g/mol. The van der Waals surface area contributed by atoms with E-state index in [2.05, 4.69) is 19.2 Å². The molecule has 0 aliphatic carbocycles. The van der Waals surface area contributed by atoms with Crippen molar-refractivity contribution in [3.8, 4) is 0 Å². The van der Waals surface area contributed by atoms with Gasteiger partial charge in [-0.1, -0.05) is 13.8 Å². The van der Waals surface area contributed by atoms with Crippen molar-refractivity contribution in [3.05, 3.63) is 15.8 Å². The highest BCUT2D eigenvalue weighted by atomic mass is 32.2. The predicted octanol–water partition coefficient (Wildman–Crippen LogP) is 1.80. The highest BCUT2D eigenvalue weighted by Gasteiger charge is 2.22. The Morgan fingerprint density at radius 3 is 2.47 bits per heavy atom. The van der Waals surface area contributed by atoms with Crippen molar-refractivity contribution in [3.63, 3.8) is 0 Å². The fourth-order valence-electron chi connectivity index (χ4n) is 1.37. The van der Waals surface area contributed by atoms with Crippen LogP contribution in [0, 0.1) is 6.92 Å². The summed E-state index contributed by atoms with van der Waals surface area (Å²) in [5.74, 6) is 0. The molecular weight excluding hydrogens is 256 g/mol. The molecule has 0 fully saturated rings. The Morgan fingerprint density at radius 2 is 2.00 bits per heavy atom. The van der Waals surface area contributed by atoms with Crippen molar-refractivity contribution >= 4 is 21.4 Å². The fourth-order valence-corrected chi connectivity index (χ4v) is 3.82. The van der Waals surface area contributed by atoms with E-state index in [1.807, 2.05) is 6.92 Å². The minimum Gasteiger partial charge on any atom is -0.310 e. The Bertz CT molecular complexity index is 476. The minimum absolute atomic E-state index is 0.395. The van der Waals surface area contributed by atoms with Gasteiger partial charge in [-0.3, -0.25) is 0 Å². The van der Waals surface area contributed by atoms with Crippen LogP contribution in [0.15, 0.2) is 11.0 Å². The van der Waals surface area contributed by atoms with E-state index in [1.54, 1.807) is 20.2 Å². The SMILES string of the molecule is Cc1sc(CNC(C)C)cc1S(=O)(=O)N(C)C. The van der Waals surface area contributed by atoms with Gasteiger partial charge >= 0.3 is 0 Å². The molecule has 1 N–H and O–H groups in total. The lowest BCUT2D eigenvalue weighted by Gasteiger charge is -2.10. The Hall–Kier alpha value is -0.430. The van der Waals surface area contributed by atoms with Crippen LogP contribution >= 0.6 is 11.3 Å². The van der Waals surface area contributed by atoms with Gasteiger partial charge in [0.2, 0.25) is 10.0 Å². The van der Waals surface area contributed by atoms with Crippen LogP contribution in [0.25, 0.3) is 0 Å². The lowest BCUT2D eigenvalue weighted by atomic mass is 10.3. The van der Waals surface area contributed by atoms with E-state index in [4.69, 9.17) is 0 Å². The predicted molar refractivity (Wildman–Crippen MR) is 71.9 cm³/mol. The van der Waals surface area contributed by atoms with Gasteiger partial charge in [0.05, 0.1) is 4.90 Å². The van der Waals surface area contributed by atoms with Gasteiger partial charge in [0.1, 0.15) is 0 Å². The van der Waals surface area contributed by atoms with Crippen LogP contribution in [0.3, 0.4) is 0 Å². The zero-order valence-electron chi connectivity index (χ0n) is 10.9. The standard InChI is InChI=1S/C11H20N2O2S2/c1-8(2)12-7-10-6-11(9(3)16-10)17(14,15)13(4)5/h6,8,12H,7H2,1-5H3. The van der Waals surface area contributed by atoms with Crippen molar-refractivity contribution in [1.82, 2.24) is 9.62 Å². The zero-order valence-corrected chi connectivity index (χ0v) is 12.6. The molecule has 17 heavy (non-hydrogen) atoms. The van der Waals surface area contributed by atoms with E-state index in [0.29, 0.717) is 17.5 Å². The molecule has 1 heterocycles. The maximum atomic E-state index is 12.0. The third-order valence-electron chi connectivity index (χ3n) is 2.37. The van der Waals surface area contributed by atoms with Crippen LogP contribution in [0.5, 0.6) is 0 Å². The number of nitrogens with one attached hydrogen (secondary N) is 1. The molecule has 4 nitrogen and oxygen atoms in total. The molecule has 0 spiro atoms. The van der Waals surface area contributed by atoms with Crippen molar-refractivity contribution in [2.75, 3.05) is 14.1 Å². The van der Waals surface area contributed by atoms with Crippen LogP contribution in [0.1, 0.15) is 23.6 Å². The highest BCUT2D eigenvalue weighted by molar-refractivity contribution is 7.89. The molecule has 0 amide bonds. The topological polar surface area (TPSA) is 49.4 Å². The smallest absolute Gasteiger partial charge is 0.243 e. The minimum atomic E-state index is -3.31. The molecule has 1 aromatic rings. The first kappa shape index (κ1) is 14.6. The first-order chi connectivity index (χ1) is 7.75. The lowest BCUT2D eigenvalue weighted by molar-refractivity contribution is 0.520. The maximum Gasteiger partial charge on any atom is 0.243 e. The molecule has 0 bridgehead atoms. The molecule has 1 aromatic heterocycles. The molecule has 0 aliphatic rings. The maximum absolute atomic E-state index is 12.0. The number of hydrogen-bond donors (Lipinski definition) is 1. The van der Waals surface area contributed by atoms with Crippen molar-refractivity contribution in [1.29, 1.82) is 0 Å². The number of sulfonamides is 1. The number of aryl methyl sites for hydroxylation is 1. The van der Waals surface area contributed by atoms with E-state index in [0.717, 1.165) is 9.75 Å². The van der Waals surface area contributed by atoms with Crippen LogP contribution in [0.2, 0.25) is 0 Å². The summed E-state index contributed by atoms with van der Waals surface area (Å²) in [4.78, 5) is 2.32. The number of thiophene rings is 1. The summed E-state index contributed by atoms with van der Waals surface area (Å²) in [5.41, 5.74) is 0. The van der Waals surface area contributed by atoms with Gasteiger partial charge in [0.25, 0.3) is 0 Å². The normalized spacial score (nSPS) is 12.6. The summed E-state index contributed by atoms with van der Waals surface area (Å²) in [6.07, 6.45) is 0. The first-order valence-electron chi connectivity index (χ1n) is 5.50. The Morgan fingerprint density at radius 1 is 1.41 bits per heavy atom. The summed E-state index contributed by atoms with van der Waals surface area (Å²) < 4.78 is 25.3. The van der Waals surface area contributed by atoms with Crippen LogP contribution in [0.4, 0.5) is 0 Å². The summed E-state index contributed by atoms with van der Waals surface area (Å²) in [6, 6.07) is 2.16. The molecule has 98 valence electrons. The molecule has 0 aliphatic heterocycles. The van der Waals surface area contributed by atoms with Gasteiger partial charge in [-0.05, 0) is 13.0 Å². The van der Waals surface area contributed by atoms with Gasteiger partial charge in [0, 0.05) is 36.4 Å². The molecule has 0 saturated carbocycles. The van der Waals surface area contributed by atoms with Crippen molar-refractivity contribution in [2.45, 2.75) is 38.3 Å². The number of hydrogen-bond acceptors (Lipinski definition) is 4. The van der Waals surface area contributed by atoms with E-state index < -0.39 is 10.0 Å². The van der Waals surface area contributed by atoms with Crippen molar-refractivity contribution < 1.29 is 8.42 Å². The van der Waals surface area contributed by atoms with Crippen molar-refractivity contribution in [2.24, 2.45) is 0 Å². The third-order valence-corrected chi connectivity index (χ3v) is 5.49. The Labute approximate surface area is 108 Å². The Balaban J connectivity index is 2.97. The van der Waals surface area contributed by atoms with E-state index in [9.17, 15) is 8.42 Å². The second-order valence-corrected chi connectivity index (χ2v) is 7.92. The third kappa shape index (κ3) is 3.51. The average molecular weight is 276 g/mol. The molecule has 1 rings (SSSR count). The molecule has 0 atom stereocenters. The summed E-state index contributed by atoms with van der Waals surface area (Å²) in [6.45, 7) is 6.70. The van der Waals surface area contributed by atoms with E-state index in [1.165, 1.54) is 15.6 Å². The van der Waals surface area contributed by atoms with Gasteiger partial charge in [-0.25, -0.2) is 12.7 Å². The van der Waals surface area contributed by atoms with Gasteiger partial charge in [0.15, 0.2) is 0 Å². The van der Waals surface area contributed by atoms with Crippen LogP contribution < -0.4 is 5.32 Å². The largest absolute Gasteiger partial charge is 0.310 e. The highest BCUT2D eigenvalue weighted by Crippen LogP contribution is 2.27. The quantitative estimate of drug-likeness (QED) is 0.892. The van der Waals surface area contributed by atoms with Gasteiger partial charge in [-0.2, -0.15) is 0 Å². The van der Waals surface area contributed by atoms with Gasteiger partial charge in [-0.15, -0.1) is 11.3 Å². The van der Waals surface area contributed by atoms with E-state index in [-0.39, 0.29) is 0 Å². The Kier molecular flexibility index (Phi) is 4.71. The molecule has 6 heteroatoms. The molecule has 0 aromatic carbocycles. The lowest BCUT2D eigenvalue weighted by Crippen LogP contribution is -2.22. The number of nitrogens with zero attached hydrogens (tertiary/aromatic N) is 1.